The Morgan fingerprint density at radius 3 is 2.76 bits per heavy atom. The zero-order valence-corrected chi connectivity index (χ0v) is 19.1. The number of halogens is 1. The number of hydrogen-bond donors (Lipinski definition) is 2. The van der Waals surface area contributed by atoms with Gasteiger partial charge in [0.15, 0.2) is 5.13 Å². The molecule has 172 valence electrons. The topological polar surface area (TPSA) is 73.4 Å². The Kier molecular flexibility index (Phi) is 5.05. The zero-order chi connectivity index (χ0) is 22.7. The average molecular weight is 467 g/mol. The minimum Gasteiger partial charge on any atom is -0.481 e. The number of rotatable bonds is 4. The number of hydrogen-bond acceptors (Lipinski definition) is 3. The van der Waals surface area contributed by atoms with Gasteiger partial charge in [-0.25, -0.2) is 0 Å². The lowest BCUT2D eigenvalue weighted by atomic mass is 9.71. The Balaban J connectivity index is 1.27. The Labute approximate surface area is 195 Å². The summed E-state index contributed by atoms with van der Waals surface area (Å²) in [6.45, 7) is 0.739. The van der Waals surface area contributed by atoms with Crippen molar-refractivity contribution in [2.24, 2.45) is 17.8 Å². The second-order valence-electron chi connectivity index (χ2n) is 9.81. The molecule has 1 aromatic carbocycles. The van der Waals surface area contributed by atoms with Crippen LogP contribution < -0.4 is 0 Å². The maximum atomic E-state index is 13.7. The number of likely N-dealkylation sites (tertiary alicyclic amines) is 1. The van der Waals surface area contributed by atoms with Crippen LogP contribution in [0, 0.1) is 22.9 Å². The number of carboxylic acid groups (broad SMARTS) is 1. The molecule has 5 atom stereocenters. The highest BCUT2D eigenvalue weighted by Gasteiger charge is 2.51. The fraction of sp³-hybridized carbons (Fsp3) is 0.462. The molecule has 3 aliphatic rings. The van der Waals surface area contributed by atoms with Gasteiger partial charge in [0.25, 0.3) is 0 Å². The molecule has 33 heavy (non-hydrogen) atoms. The van der Waals surface area contributed by atoms with Crippen LogP contribution in [0.15, 0.2) is 36.5 Å². The molecule has 7 heteroatoms. The van der Waals surface area contributed by atoms with Crippen LogP contribution >= 0.6 is 11.3 Å². The number of thiophene rings is 1. The molecule has 1 saturated heterocycles. The molecular weight excluding hydrogens is 439 g/mol. The Morgan fingerprint density at radius 2 is 1.97 bits per heavy atom. The van der Waals surface area contributed by atoms with Crippen LogP contribution in [0.25, 0.3) is 21.3 Å². The van der Waals surface area contributed by atoms with Crippen LogP contribution in [-0.2, 0) is 9.59 Å². The van der Waals surface area contributed by atoms with E-state index in [9.17, 15) is 19.1 Å². The second kappa shape index (κ2) is 7.97. The zero-order valence-electron chi connectivity index (χ0n) is 18.3. The molecule has 5 nitrogen and oxygen atoms in total. The molecule has 2 saturated carbocycles. The summed E-state index contributed by atoms with van der Waals surface area (Å²) < 4.78 is 13.7. The van der Waals surface area contributed by atoms with Crippen LogP contribution in [0.5, 0.6) is 0 Å². The van der Waals surface area contributed by atoms with E-state index in [-0.39, 0.29) is 40.8 Å². The number of nitrogens with one attached hydrogen (secondary N) is 1. The van der Waals surface area contributed by atoms with E-state index >= 15 is 0 Å². The summed E-state index contributed by atoms with van der Waals surface area (Å²) in [5.74, 6) is -0.664. The van der Waals surface area contributed by atoms with Crippen LogP contribution in [0.2, 0.25) is 0 Å². The Morgan fingerprint density at radius 1 is 1.09 bits per heavy atom. The maximum absolute atomic E-state index is 13.7. The molecule has 3 heterocycles. The van der Waals surface area contributed by atoms with E-state index in [4.69, 9.17) is 0 Å². The number of fused-ring (bicyclic) bond motifs is 2. The first kappa shape index (κ1) is 20.9. The quantitative estimate of drug-likeness (QED) is 0.523. The highest BCUT2D eigenvalue weighted by atomic mass is 32.1. The van der Waals surface area contributed by atoms with E-state index in [2.05, 4.69) is 4.98 Å². The van der Waals surface area contributed by atoms with Gasteiger partial charge >= 0.3 is 5.97 Å². The number of piperidine rings is 1. The summed E-state index contributed by atoms with van der Waals surface area (Å²) in [5.41, 5.74) is 3.14. The summed E-state index contributed by atoms with van der Waals surface area (Å²) in [6.07, 6.45) is 7.13. The average Bonchev–Trinajstić information content (AvgIpc) is 3.29. The van der Waals surface area contributed by atoms with Gasteiger partial charge in [-0.15, -0.1) is 11.3 Å². The lowest BCUT2D eigenvalue weighted by molar-refractivity contribution is -0.152. The molecule has 1 amide bonds. The summed E-state index contributed by atoms with van der Waals surface area (Å²) >= 11 is 1.14. The standard InChI is InChI=1S/C26H27FN2O3S/c27-23-10-9-22(33-23)16-5-1-7-20-24(16)19(13-28-20)17-12-18(17)25(30)29-11-3-6-14-15(26(31)32)4-2-8-21(14)29/h1,5,7,9-10,13-15,17-18,21,28H,2-4,6,8,11-12H2,(H,31,32). The fourth-order valence-corrected chi connectivity index (χ4v) is 7.22. The summed E-state index contributed by atoms with van der Waals surface area (Å²) in [5, 5.41) is 10.6. The van der Waals surface area contributed by atoms with E-state index in [1.807, 2.05) is 35.4 Å². The third kappa shape index (κ3) is 3.48. The van der Waals surface area contributed by atoms with Crippen molar-refractivity contribution < 1.29 is 19.1 Å². The van der Waals surface area contributed by atoms with Crippen molar-refractivity contribution >= 4 is 34.1 Å². The first-order valence-electron chi connectivity index (χ1n) is 11.9. The first-order chi connectivity index (χ1) is 16.0. The van der Waals surface area contributed by atoms with Gasteiger partial charge in [0, 0.05) is 46.0 Å². The normalized spacial score (nSPS) is 29.1. The van der Waals surface area contributed by atoms with E-state index in [1.165, 1.54) is 6.07 Å². The maximum Gasteiger partial charge on any atom is 0.306 e. The van der Waals surface area contributed by atoms with E-state index in [0.717, 1.165) is 83.3 Å². The van der Waals surface area contributed by atoms with Crippen molar-refractivity contribution in [2.45, 2.75) is 50.5 Å². The minimum atomic E-state index is -0.709. The van der Waals surface area contributed by atoms with Gasteiger partial charge < -0.3 is 15.0 Å². The molecule has 1 aliphatic heterocycles. The van der Waals surface area contributed by atoms with Crippen molar-refractivity contribution in [1.82, 2.24) is 9.88 Å². The largest absolute Gasteiger partial charge is 0.481 e. The number of carboxylic acids is 1. The first-order valence-corrected chi connectivity index (χ1v) is 12.7. The van der Waals surface area contributed by atoms with Crippen LogP contribution in [0.1, 0.15) is 50.0 Å². The third-order valence-electron chi connectivity index (χ3n) is 8.05. The van der Waals surface area contributed by atoms with E-state index < -0.39 is 5.97 Å². The number of H-pyrrole nitrogens is 1. The SMILES string of the molecule is O=C(O)C1CCCC2C1CCCN2C(=O)C1CC1c1c[nH]c2cccc(-c3ccc(F)s3)c12. The Hall–Kier alpha value is -2.67. The summed E-state index contributed by atoms with van der Waals surface area (Å²) in [7, 11) is 0. The molecule has 5 unspecified atom stereocenters. The number of benzene rings is 1. The molecule has 0 radical (unpaired) electrons. The van der Waals surface area contributed by atoms with Crippen LogP contribution in [-0.4, -0.2) is 39.5 Å². The second-order valence-corrected chi connectivity index (χ2v) is 10.8. The van der Waals surface area contributed by atoms with Gasteiger partial charge in [-0.3, -0.25) is 9.59 Å². The van der Waals surface area contributed by atoms with Crippen molar-refractivity contribution in [3.8, 4) is 10.4 Å². The monoisotopic (exact) mass is 466 g/mol. The van der Waals surface area contributed by atoms with Crippen molar-refractivity contribution in [3.63, 3.8) is 0 Å². The van der Waals surface area contributed by atoms with Crippen LogP contribution in [0.4, 0.5) is 4.39 Å². The molecule has 2 N–H and O–H groups in total. The lowest BCUT2D eigenvalue weighted by Gasteiger charge is -2.46. The molecule has 3 aromatic rings. The van der Waals surface area contributed by atoms with Gasteiger partial charge in [-0.2, -0.15) is 4.39 Å². The van der Waals surface area contributed by atoms with Crippen LogP contribution in [0.3, 0.4) is 0 Å². The van der Waals surface area contributed by atoms with Gasteiger partial charge in [-0.05, 0) is 67.7 Å². The molecule has 0 bridgehead atoms. The van der Waals surface area contributed by atoms with Crippen molar-refractivity contribution in [1.29, 1.82) is 0 Å². The van der Waals surface area contributed by atoms with Gasteiger partial charge in [-0.1, -0.05) is 18.6 Å². The number of amides is 1. The number of aliphatic carboxylic acids is 1. The van der Waals surface area contributed by atoms with Gasteiger partial charge in [0.1, 0.15) is 0 Å². The van der Waals surface area contributed by atoms with Crippen molar-refractivity contribution in [3.05, 3.63) is 47.2 Å². The van der Waals surface area contributed by atoms with Gasteiger partial charge in [0.2, 0.25) is 5.91 Å². The molecule has 2 aliphatic carbocycles. The molecule has 2 aromatic heterocycles. The van der Waals surface area contributed by atoms with Gasteiger partial charge in [0.05, 0.1) is 5.92 Å². The van der Waals surface area contributed by atoms with E-state index in [1.54, 1.807) is 0 Å². The number of nitrogens with zero attached hydrogens (tertiary/aromatic N) is 1. The highest BCUT2D eigenvalue weighted by Crippen LogP contribution is 2.53. The fourth-order valence-electron chi connectivity index (χ4n) is 6.46. The number of carbonyl (C=O) groups is 2. The van der Waals surface area contributed by atoms with Crippen molar-refractivity contribution in [2.75, 3.05) is 6.54 Å². The summed E-state index contributed by atoms with van der Waals surface area (Å²) in [4.78, 5) is 31.7. The summed E-state index contributed by atoms with van der Waals surface area (Å²) in [6, 6.07) is 9.39. The lowest BCUT2D eigenvalue weighted by Crippen LogP contribution is -2.53. The molecule has 6 rings (SSSR count). The third-order valence-corrected chi connectivity index (χ3v) is 8.95. The molecular formula is C26H27FN2O3S. The number of aromatic nitrogens is 1. The molecule has 0 spiro atoms. The minimum absolute atomic E-state index is 0.0546. The van der Waals surface area contributed by atoms with E-state index in [0.29, 0.717) is 0 Å². The molecule has 3 fully saturated rings. The Bertz CT molecular complexity index is 1230. The highest BCUT2D eigenvalue weighted by molar-refractivity contribution is 7.14. The number of aromatic amines is 1. The predicted molar refractivity (Wildman–Crippen MR) is 126 cm³/mol. The number of carbonyl (C=O) groups excluding carboxylic acids is 1. The smallest absolute Gasteiger partial charge is 0.306 e. The predicted octanol–water partition coefficient (Wildman–Crippen LogP) is 5.63.